The molecule has 1 aromatic rings. The fourth-order valence-electron chi connectivity index (χ4n) is 2.62. The second-order valence-electron chi connectivity index (χ2n) is 5.77. The Hall–Kier alpha value is -1.64. The molecule has 0 bridgehead atoms. The molecule has 0 radical (unpaired) electrons. The number of carbonyl (C=O) groups is 1. The van der Waals surface area contributed by atoms with Crippen molar-refractivity contribution in [3.8, 4) is 0 Å². The van der Waals surface area contributed by atoms with Crippen molar-refractivity contribution >= 4 is 16.1 Å². The summed E-state index contributed by atoms with van der Waals surface area (Å²) < 4.78 is 26.4. The van der Waals surface area contributed by atoms with Crippen LogP contribution in [0.2, 0.25) is 0 Å². The first-order valence-electron chi connectivity index (χ1n) is 7.71. The predicted octanol–water partition coefficient (Wildman–Crippen LogP) is 0.479. The molecule has 0 atom stereocenters. The fraction of sp³-hybridized carbons (Fsp3) is 0.533. The number of aliphatic hydroxyl groups is 1. The van der Waals surface area contributed by atoms with Gasteiger partial charge in [-0.3, -0.25) is 0 Å². The number of urea groups is 1. The Balaban J connectivity index is 1.93. The van der Waals surface area contributed by atoms with Gasteiger partial charge in [0.15, 0.2) is 0 Å². The van der Waals surface area contributed by atoms with Gasteiger partial charge in [-0.2, -0.15) is 0 Å². The van der Waals surface area contributed by atoms with Gasteiger partial charge in [-0.15, -0.1) is 0 Å². The quantitative estimate of drug-likeness (QED) is 0.620. The number of aliphatic hydroxyl groups excluding tert-OH is 1. The summed E-state index contributed by atoms with van der Waals surface area (Å²) in [6.45, 7) is 0.489. The number of nitrogens with two attached hydrogens (primary N) is 1. The monoisotopic (exact) mass is 341 g/mol. The second kappa shape index (κ2) is 7.76. The standard InChI is InChI=1S/C15H23N3O4S/c16-10-9-11-1-7-14(8-2-11)23(21,22)18-15(20)17-12-3-5-13(19)6-4-12/h1-2,7-8,12-13,19H,3-6,9-10,16H2,(H2,17,18,20). The first kappa shape index (κ1) is 17.7. The molecule has 8 heteroatoms. The lowest BCUT2D eigenvalue weighted by atomic mass is 9.93. The zero-order chi connectivity index (χ0) is 16.9. The average Bonchev–Trinajstić information content (AvgIpc) is 2.50. The van der Waals surface area contributed by atoms with Crippen LogP contribution in [0.25, 0.3) is 0 Å². The topological polar surface area (TPSA) is 122 Å². The Bertz CT molecular complexity index is 623. The van der Waals surface area contributed by atoms with Crippen molar-refractivity contribution in [2.75, 3.05) is 6.54 Å². The largest absolute Gasteiger partial charge is 0.393 e. The number of hydrogen-bond donors (Lipinski definition) is 4. The molecule has 23 heavy (non-hydrogen) atoms. The van der Waals surface area contributed by atoms with Gasteiger partial charge in [0.1, 0.15) is 0 Å². The molecule has 7 nitrogen and oxygen atoms in total. The smallest absolute Gasteiger partial charge is 0.328 e. The molecule has 0 aromatic heterocycles. The number of rotatable bonds is 5. The van der Waals surface area contributed by atoms with E-state index in [-0.39, 0.29) is 17.0 Å². The van der Waals surface area contributed by atoms with Crippen LogP contribution in [0.3, 0.4) is 0 Å². The SMILES string of the molecule is NCCc1ccc(S(=O)(=O)NC(=O)NC2CCC(O)CC2)cc1. The highest BCUT2D eigenvalue weighted by Crippen LogP contribution is 2.18. The van der Waals surface area contributed by atoms with Crippen LogP contribution >= 0.6 is 0 Å². The lowest BCUT2D eigenvalue weighted by Gasteiger charge is -2.26. The van der Waals surface area contributed by atoms with E-state index >= 15 is 0 Å². The van der Waals surface area contributed by atoms with Crippen molar-refractivity contribution in [3.05, 3.63) is 29.8 Å². The van der Waals surface area contributed by atoms with Gasteiger partial charge in [0, 0.05) is 6.04 Å². The summed E-state index contributed by atoms with van der Waals surface area (Å²) >= 11 is 0. The Labute approximate surface area is 136 Å². The summed E-state index contributed by atoms with van der Waals surface area (Å²) in [5, 5.41) is 12.1. The minimum absolute atomic E-state index is 0.0347. The van der Waals surface area contributed by atoms with E-state index in [1.807, 2.05) is 4.72 Å². The molecule has 2 amide bonds. The highest BCUT2D eigenvalue weighted by molar-refractivity contribution is 7.90. The number of sulfonamides is 1. The van der Waals surface area contributed by atoms with Gasteiger partial charge in [-0.1, -0.05) is 12.1 Å². The van der Waals surface area contributed by atoms with E-state index in [2.05, 4.69) is 5.32 Å². The van der Waals surface area contributed by atoms with Crippen LogP contribution in [-0.2, 0) is 16.4 Å². The minimum atomic E-state index is -3.90. The number of nitrogens with one attached hydrogen (secondary N) is 2. The number of amides is 2. The normalized spacial score (nSPS) is 21.7. The average molecular weight is 341 g/mol. The molecule has 0 heterocycles. The summed E-state index contributed by atoms with van der Waals surface area (Å²) in [6.07, 6.45) is 2.85. The number of hydrogen-bond acceptors (Lipinski definition) is 5. The number of benzene rings is 1. The minimum Gasteiger partial charge on any atom is -0.393 e. The van der Waals surface area contributed by atoms with Crippen LogP contribution in [0.4, 0.5) is 4.79 Å². The van der Waals surface area contributed by atoms with Crippen molar-refractivity contribution < 1.29 is 18.3 Å². The highest BCUT2D eigenvalue weighted by Gasteiger charge is 2.23. The molecule has 1 aliphatic carbocycles. The van der Waals surface area contributed by atoms with Crippen LogP contribution < -0.4 is 15.8 Å². The summed E-state index contributed by atoms with van der Waals surface area (Å²) in [4.78, 5) is 11.9. The zero-order valence-electron chi connectivity index (χ0n) is 12.9. The summed E-state index contributed by atoms with van der Waals surface area (Å²) in [5.74, 6) is 0. The molecule has 0 saturated heterocycles. The molecule has 128 valence electrons. The Kier molecular flexibility index (Phi) is 5.97. The van der Waals surface area contributed by atoms with E-state index in [1.54, 1.807) is 12.1 Å². The highest BCUT2D eigenvalue weighted by atomic mass is 32.2. The summed E-state index contributed by atoms with van der Waals surface area (Å²) in [7, 11) is -3.90. The molecule has 5 N–H and O–H groups in total. The van der Waals surface area contributed by atoms with Gasteiger partial charge in [0.05, 0.1) is 11.0 Å². The van der Waals surface area contributed by atoms with Crippen LogP contribution in [0.5, 0.6) is 0 Å². The van der Waals surface area contributed by atoms with Crippen molar-refractivity contribution in [2.24, 2.45) is 5.73 Å². The van der Waals surface area contributed by atoms with E-state index in [1.165, 1.54) is 12.1 Å². The predicted molar refractivity (Wildman–Crippen MR) is 86.3 cm³/mol. The molecule has 1 saturated carbocycles. The van der Waals surface area contributed by atoms with E-state index in [4.69, 9.17) is 5.73 Å². The van der Waals surface area contributed by atoms with Crippen LogP contribution in [0, 0.1) is 0 Å². The van der Waals surface area contributed by atoms with Crippen LogP contribution in [-0.4, -0.2) is 38.2 Å². The Morgan fingerprint density at radius 1 is 1.17 bits per heavy atom. The maximum atomic E-state index is 12.2. The zero-order valence-corrected chi connectivity index (χ0v) is 13.7. The van der Waals surface area contributed by atoms with Crippen LogP contribution in [0.1, 0.15) is 31.2 Å². The van der Waals surface area contributed by atoms with Crippen LogP contribution in [0.15, 0.2) is 29.2 Å². The molecular weight excluding hydrogens is 318 g/mol. The molecule has 0 aliphatic heterocycles. The van der Waals surface area contributed by atoms with E-state index < -0.39 is 16.1 Å². The second-order valence-corrected chi connectivity index (χ2v) is 7.45. The Morgan fingerprint density at radius 3 is 2.35 bits per heavy atom. The third kappa shape index (κ3) is 5.19. The van der Waals surface area contributed by atoms with Gasteiger partial charge < -0.3 is 16.2 Å². The molecule has 1 aliphatic rings. The maximum absolute atomic E-state index is 12.2. The molecule has 2 rings (SSSR count). The third-order valence-corrected chi connectivity index (χ3v) is 5.27. The molecule has 0 unspecified atom stereocenters. The van der Waals surface area contributed by atoms with Gasteiger partial charge in [-0.25, -0.2) is 17.9 Å². The van der Waals surface area contributed by atoms with Gasteiger partial charge in [0.25, 0.3) is 10.0 Å². The lowest BCUT2D eigenvalue weighted by molar-refractivity contribution is 0.118. The first-order chi connectivity index (χ1) is 10.9. The molecule has 1 fully saturated rings. The van der Waals surface area contributed by atoms with Crippen molar-refractivity contribution in [3.63, 3.8) is 0 Å². The molecule has 0 spiro atoms. The summed E-state index contributed by atoms with van der Waals surface area (Å²) in [5.41, 5.74) is 6.39. The van der Waals surface area contributed by atoms with E-state index in [0.29, 0.717) is 38.6 Å². The molecule has 1 aromatic carbocycles. The van der Waals surface area contributed by atoms with Gasteiger partial charge >= 0.3 is 6.03 Å². The van der Waals surface area contributed by atoms with Crippen molar-refractivity contribution in [2.45, 2.75) is 49.1 Å². The first-order valence-corrected chi connectivity index (χ1v) is 9.19. The van der Waals surface area contributed by atoms with Gasteiger partial charge in [0.2, 0.25) is 0 Å². The Morgan fingerprint density at radius 2 is 1.78 bits per heavy atom. The summed E-state index contributed by atoms with van der Waals surface area (Å²) in [6, 6.07) is 5.43. The third-order valence-electron chi connectivity index (χ3n) is 3.93. The fourth-order valence-corrected chi connectivity index (χ4v) is 3.53. The van der Waals surface area contributed by atoms with E-state index in [9.17, 15) is 18.3 Å². The van der Waals surface area contributed by atoms with Crippen molar-refractivity contribution in [1.29, 1.82) is 0 Å². The van der Waals surface area contributed by atoms with Crippen molar-refractivity contribution in [1.82, 2.24) is 10.0 Å². The van der Waals surface area contributed by atoms with E-state index in [0.717, 1.165) is 5.56 Å². The maximum Gasteiger partial charge on any atom is 0.328 e. The van der Waals surface area contributed by atoms with Gasteiger partial charge in [-0.05, 0) is 56.3 Å². The number of carbonyl (C=O) groups excluding carboxylic acids is 1. The lowest BCUT2D eigenvalue weighted by Crippen LogP contribution is -2.46. The molecular formula is C15H23N3O4S.